The molecule has 0 aliphatic heterocycles. The van der Waals surface area contributed by atoms with Gasteiger partial charge in [0, 0.05) is 18.0 Å². The van der Waals surface area contributed by atoms with Crippen LogP contribution in [0.3, 0.4) is 0 Å². The minimum absolute atomic E-state index is 0.000520. The van der Waals surface area contributed by atoms with E-state index in [1.54, 1.807) is 0 Å². The molecular weight excluding hydrogens is 386 g/mol. The summed E-state index contributed by atoms with van der Waals surface area (Å²) in [6.45, 7) is 5.66. The fourth-order valence-electron chi connectivity index (χ4n) is 2.73. The van der Waals surface area contributed by atoms with Crippen molar-refractivity contribution in [2.24, 2.45) is 5.92 Å². The molecule has 0 radical (unpaired) electrons. The van der Waals surface area contributed by atoms with Gasteiger partial charge in [-0.15, -0.1) is 11.3 Å². The molecule has 3 N–H and O–H groups in total. The van der Waals surface area contributed by atoms with E-state index in [9.17, 15) is 24.3 Å². The van der Waals surface area contributed by atoms with Crippen LogP contribution < -0.4 is 21.4 Å². The average molecular weight is 405 g/mol. The van der Waals surface area contributed by atoms with Gasteiger partial charge in [0.05, 0.1) is 18.5 Å². The number of fused-ring (bicyclic) bond motifs is 1. The summed E-state index contributed by atoms with van der Waals surface area (Å²) in [6.07, 6.45) is 1.40. The molecule has 10 heteroatoms. The lowest BCUT2D eigenvalue weighted by atomic mass is 10.2. The first-order chi connectivity index (χ1) is 13.2. The van der Waals surface area contributed by atoms with E-state index in [-0.39, 0.29) is 38.7 Å². The highest BCUT2D eigenvalue weighted by Gasteiger charge is 2.20. The second-order valence-electron chi connectivity index (χ2n) is 6.78. The summed E-state index contributed by atoms with van der Waals surface area (Å²) >= 11 is 0.845. The fraction of sp³-hybridized carbons (Fsp3) is 0.333. The minimum atomic E-state index is -1.16. The number of ether oxygens (including phenoxy) is 1. The molecule has 3 heterocycles. The molecule has 0 aliphatic rings. The van der Waals surface area contributed by atoms with Gasteiger partial charge in [-0.2, -0.15) is 0 Å². The predicted molar refractivity (Wildman–Crippen MR) is 105 cm³/mol. The van der Waals surface area contributed by atoms with Gasteiger partial charge >= 0.3 is 11.7 Å². The largest absolute Gasteiger partial charge is 0.488 e. The number of rotatable bonds is 6. The van der Waals surface area contributed by atoms with Crippen LogP contribution in [0.1, 0.15) is 34.8 Å². The Hall–Kier alpha value is -3.14. The maximum atomic E-state index is 12.8. The van der Waals surface area contributed by atoms with Crippen LogP contribution in [0.25, 0.3) is 10.2 Å². The first-order valence-electron chi connectivity index (χ1n) is 8.53. The van der Waals surface area contributed by atoms with E-state index in [1.807, 2.05) is 13.8 Å². The lowest BCUT2D eigenvalue weighted by molar-refractivity contribution is 0.0701. The molecule has 0 bridgehead atoms. The number of aryl methyl sites for hydroxylation is 1. The summed E-state index contributed by atoms with van der Waals surface area (Å²) in [5, 5.41) is 9.38. The number of H-pyrrole nitrogens is 2. The van der Waals surface area contributed by atoms with Crippen molar-refractivity contribution in [3.05, 3.63) is 59.5 Å². The Balaban J connectivity index is 2.01. The normalized spacial score (nSPS) is 11.3. The molecule has 0 spiro atoms. The number of pyridine rings is 1. The van der Waals surface area contributed by atoms with Crippen LogP contribution in [0.4, 0.5) is 0 Å². The van der Waals surface area contributed by atoms with Crippen molar-refractivity contribution in [3.63, 3.8) is 0 Å². The molecule has 148 valence electrons. The number of nitrogens with zero attached hydrogens (tertiary/aromatic N) is 1. The van der Waals surface area contributed by atoms with Crippen molar-refractivity contribution in [3.8, 4) is 5.75 Å². The number of aromatic carboxylic acids is 1. The third-order valence-electron chi connectivity index (χ3n) is 4.10. The third kappa shape index (κ3) is 3.63. The van der Waals surface area contributed by atoms with Gasteiger partial charge in [0.25, 0.3) is 5.56 Å². The Kier molecular flexibility index (Phi) is 5.23. The number of nitrogens with one attached hydrogen (secondary N) is 2. The van der Waals surface area contributed by atoms with Crippen molar-refractivity contribution in [2.45, 2.75) is 27.3 Å². The van der Waals surface area contributed by atoms with E-state index in [4.69, 9.17) is 4.74 Å². The predicted octanol–water partition coefficient (Wildman–Crippen LogP) is 1.53. The van der Waals surface area contributed by atoms with E-state index < -0.39 is 17.2 Å². The Bertz CT molecular complexity index is 1230. The molecule has 0 saturated heterocycles. The minimum Gasteiger partial charge on any atom is -0.488 e. The number of carboxylic acid groups (broad SMARTS) is 1. The van der Waals surface area contributed by atoms with Crippen molar-refractivity contribution in [1.29, 1.82) is 0 Å². The summed E-state index contributed by atoms with van der Waals surface area (Å²) in [4.78, 5) is 54.2. The first kappa shape index (κ1) is 19.6. The summed E-state index contributed by atoms with van der Waals surface area (Å²) < 4.78 is 6.34. The zero-order chi connectivity index (χ0) is 20.6. The molecule has 0 aromatic carbocycles. The van der Waals surface area contributed by atoms with Gasteiger partial charge in [-0.3, -0.25) is 19.1 Å². The number of hydrogen-bond acceptors (Lipinski definition) is 6. The summed E-state index contributed by atoms with van der Waals surface area (Å²) in [6, 6.07) is 1.27. The van der Waals surface area contributed by atoms with Gasteiger partial charge in [-0.05, 0) is 18.4 Å². The summed E-state index contributed by atoms with van der Waals surface area (Å²) in [7, 11) is 0. The van der Waals surface area contributed by atoms with Gasteiger partial charge in [0.2, 0.25) is 5.43 Å². The Morgan fingerprint density at radius 2 is 2.04 bits per heavy atom. The van der Waals surface area contributed by atoms with E-state index in [1.165, 1.54) is 19.2 Å². The quantitative estimate of drug-likeness (QED) is 0.569. The van der Waals surface area contributed by atoms with Crippen LogP contribution in [0.5, 0.6) is 5.75 Å². The Morgan fingerprint density at radius 3 is 2.64 bits per heavy atom. The molecular formula is C18H19N3O6S. The smallest absolute Gasteiger partial charge is 0.346 e. The fourth-order valence-corrected chi connectivity index (χ4v) is 3.76. The highest BCUT2D eigenvalue weighted by atomic mass is 32.1. The lowest BCUT2D eigenvalue weighted by Crippen LogP contribution is -2.35. The monoisotopic (exact) mass is 405 g/mol. The van der Waals surface area contributed by atoms with Gasteiger partial charge in [-0.1, -0.05) is 13.8 Å². The van der Waals surface area contributed by atoms with Gasteiger partial charge in [-0.25, -0.2) is 9.59 Å². The molecule has 9 nitrogen and oxygen atoms in total. The molecule has 3 aromatic rings. The number of aromatic amines is 2. The van der Waals surface area contributed by atoms with Crippen LogP contribution in [0, 0.1) is 12.8 Å². The van der Waals surface area contributed by atoms with Crippen LogP contribution in [-0.2, 0) is 6.54 Å². The van der Waals surface area contributed by atoms with Crippen LogP contribution in [0.15, 0.2) is 26.6 Å². The first-order valence-corrected chi connectivity index (χ1v) is 9.34. The molecule has 0 unspecified atom stereocenters. The molecule has 0 saturated carbocycles. The number of carbonyl (C=O) groups is 1. The zero-order valence-electron chi connectivity index (χ0n) is 15.5. The number of thiophene rings is 1. The van der Waals surface area contributed by atoms with Crippen LogP contribution in [0.2, 0.25) is 0 Å². The van der Waals surface area contributed by atoms with Gasteiger partial charge in [0.15, 0.2) is 5.75 Å². The Morgan fingerprint density at radius 1 is 1.32 bits per heavy atom. The highest BCUT2D eigenvalue weighted by molar-refractivity contribution is 7.20. The number of hydrogen-bond donors (Lipinski definition) is 3. The topological polar surface area (TPSA) is 134 Å². The third-order valence-corrected chi connectivity index (χ3v) is 5.30. The standard InChI is InChI=1S/C18H19N3O6S/c1-8(2)7-27-12-5-19-10(4-11(12)22)6-21-16(23)13-9(3)14(17(24)25)28-15(13)20-18(21)26/h4-5,8H,6-7H2,1-3H3,(H,19,22)(H,20,26)(H,24,25). The molecule has 3 aromatic heterocycles. The maximum absolute atomic E-state index is 12.8. The summed E-state index contributed by atoms with van der Waals surface area (Å²) in [5.74, 6) is -0.742. The van der Waals surface area contributed by atoms with E-state index >= 15 is 0 Å². The molecule has 28 heavy (non-hydrogen) atoms. The average Bonchev–Trinajstić information content (AvgIpc) is 2.94. The molecule has 0 atom stereocenters. The maximum Gasteiger partial charge on any atom is 0.346 e. The summed E-state index contributed by atoms with van der Waals surface area (Å²) in [5.41, 5.74) is -1.01. The van der Waals surface area contributed by atoms with Gasteiger partial charge < -0.3 is 14.8 Å². The van der Waals surface area contributed by atoms with E-state index in [0.717, 1.165) is 15.9 Å². The molecule has 0 fully saturated rings. The van der Waals surface area contributed by atoms with Gasteiger partial charge in [0.1, 0.15) is 9.71 Å². The lowest BCUT2D eigenvalue weighted by Gasteiger charge is -2.09. The van der Waals surface area contributed by atoms with E-state index in [0.29, 0.717) is 17.9 Å². The van der Waals surface area contributed by atoms with Crippen molar-refractivity contribution >= 4 is 27.5 Å². The number of aromatic nitrogens is 3. The van der Waals surface area contributed by atoms with Crippen LogP contribution in [-0.4, -0.2) is 32.2 Å². The highest BCUT2D eigenvalue weighted by Crippen LogP contribution is 2.26. The SMILES string of the molecule is Cc1c(C(=O)O)sc2[nH]c(=O)n(Cc3cc(=O)c(OCC(C)C)c[nH]3)c(=O)c12. The van der Waals surface area contributed by atoms with E-state index in [2.05, 4.69) is 9.97 Å². The zero-order valence-corrected chi connectivity index (χ0v) is 16.3. The second-order valence-corrected chi connectivity index (χ2v) is 7.80. The second kappa shape index (κ2) is 7.47. The van der Waals surface area contributed by atoms with Crippen molar-refractivity contribution in [1.82, 2.24) is 14.5 Å². The van der Waals surface area contributed by atoms with Crippen molar-refractivity contribution < 1.29 is 14.6 Å². The number of carboxylic acids is 1. The van der Waals surface area contributed by atoms with Crippen molar-refractivity contribution in [2.75, 3.05) is 6.61 Å². The molecule has 0 aliphatic carbocycles. The Labute approximate surface area is 162 Å². The van der Waals surface area contributed by atoms with Crippen LogP contribution >= 0.6 is 11.3 Å². The molecule has 0 amide bonds. The molecule has 3 rings (SSSR count).